The normalized spacial score (nSPS) is 16.2. The zero-order valence-electron chi connectivity index (χ0n) is 15.9. The van der Waals surface area contributed by atoms with Crippen LogP contribution in [0, 0.1) is 13.8 Å². The van der Waals surface area contributed by atoms with Crippen molar-refractivity contribution in [1.29, 1.82) is 0 Å². The second kappa shape index (κ2) is 7.48. The molecule has 0 radical (unpaired) electrons. The summed E-state index contributed by atoms with van der Waals surface area (Å²) in [5.41, 5.74) is 4.88. The van der Waals surface area contributed by atoms with Gasteiger partial charge in [0.05, 0.1) is 5.69 Å². The van der Waals surface area contributed by atoms with Crippen LogP contribution in [-0.2, 0) is 10.2 Å². The van der Waals surface area contributed by atoms with Gasteiger partial charge in [-0.15, -0.1) is 0 Å². The molecule has 1 aliphatic rings. The Morgan fingerprint density at radius 1 is 1.04 bits per heavy atom. The van der Waals surface area contributed by atoms with Gasteiger partial charge in [-0.2, -0.15) is 4.68 Å². The van der Waals surface area contributed by atoms with Gasteiger partial charge in [0.2, 0.25) is 5.95 Å². The van der Waals surface area contributed by atoms with Crippen LogP contribution < -0.4 is 5.32 Å². The predicted molar refractivity (Wildman–Crippen MR) is 105 cm³/mol. The van der Waals surface area contributed by atoms with Gasteiger partial charge >= 0.3 is 0 Å². The van der Waals surface area contributed by atoms with E-state index >= 15 is 0 Å². The Kier molecular flexibility index (Phi) is 4.90. The van der Waals surface area contributed by atoms with E-state index < -0.39 is 0 Å². The molecule has 140 valence electrons. The molecule has 1 aromatic heterocycles. The van der Waals surface area contributed by atoms with Crippen molar-refractivity contribution in [2.45, 2.75) is 32.1 Å². The summed E-state index contributed by atoms with van der Waals surface area (Å²) in [6.45, 7) is 6.58. The highest BCUT2D eigenvalue weighted by Crippen LogP contribution is 2.36. The first kappa shape index (κ1) is 17.7. The number of anilines is 1. The summed E-state index contributed by atoms with van der Waals surface area (Å²) in [5.74, 6) is 0.665. The lowest BCUT2D eigenvalue weighted by atomic mass is 9.72. The molecule has 0 spiro atoms. The molecule has 27 heavy (non-hydrogen) atoms. The zero-order chi connectivity index (χ0) is 18.7. The molecule has 0 atom stereocenters. The first-order chi connectivity index (χ1) is 13.2. The molecule has 0 saturated carbocycles. The number of aryl methyl sites for hydroxylation is 2. The van der Waals surface area contributed by atoms with E-state index in [-0.39, 0.29) is 5.41 Å². The van der Waals surface area contributed by atoms with Gasteiger partial charge < -0.3 is 10.1 Å². The number of nitrogens with zero attached hydrogens (tertiary/aromatic N) is 4. The molecule has 3 aromatic rings. The van der Waals surface area contributed by atoms with Crippen molar-refractivity contribution in [2.24, 2.45) is 0 Å². The third-order valence-corrected chi connectivity index (χ3v) is 5.50. The Morgan fingerprint density at radius 3 is 2.52 bits per heavy atom. The van der Waals surface area contributed by atoms with Gasteiger partial charge in [-0.05, 0) is 60.4 Å². The van der Waals surface area contributed by atoms with Gasteiger partial charge in [-0.3, -0.25) is 0 Å². The number of benzene rings is 2. The van der Waals surface area contributed by atoms with E-state index in [1.165, 1.54) is 16.7 Å². The van der Waals surface area contributed by atoms with Crippen molar-refractivity contribution < 1.29 is 4.74 Å². The summed E-state index contributed by atoms with van der Waals surface area (Å²) < 4.78 is 7.41. The molecule has 6 nitrogen and oxygen atoms in total. The minimum Gasteiger partial charge on any atom is -0.381 e. The Hall–Kier alpha value is -2.73. The number of nitrogens with one attached hydrogen (secondary N) is 1. The average molecular weight is 363 g/mol. The van der Waals surface area contributed by atoms with Crippen LogP contribution in [0.2, 0.25) is 0 Å². The highest BCUT2D eigenvalue weighted by atomic mass is 16.5. The van der Waals surface area contributed by atoms with Crippen molar-refractivity contribution in [3.05, 3.63) is 65.2 Å². The second-order valence-corrected chi connectivity index (χ2v) is 7.31. The lowest BCUT2D eigenvalue weighted by molar-refractivity contribution is 0.0541. The molecule has 1 fully saturated rings. The van der Waals surface area contributed by atoms with Gasteiger partial charge in [0.15, 0.2) is 0 Å². The van der Waals surface area contributed by atoms with Crippen LogP contribution in [0.4, 0.5) is 5.95 Å². The van der Waals surface area contributed by atoms with Gasteiger partial charge in [-0.1, -0.05) is 47.1 Å². The lowest BCUT2D eigenvalue weighted by Gasteiger charge is -2.39. The Bertz CT molecular complexity index is 897. The van der Waals surface area contributed by atoms with Gasteiger partial charge in [0, 0.05) is 25.2 Å². The van der Waals surface area contributed by atoms with E-state index in [0.717, 1.165) is 38.3 Å². The molecule has 0 aliphatic carbocycles. The topological polar surface area (TPSA) is 64.9 Å². The first-order valence-corrected chi connectivity index (χ1v) is 9.41. The summed E-state index contributed by atoms with van der Waals surface area (Å²) in [5, 5.41) is 15.8. The molecule has 2 aromatic carbocycles. The van der Waals surface area contributed by atoms with E-state index in [4.69, 9.17) is 4.74 Å². The Morgan fingerprint density at radius 2 is 1.78 bits per heavy atom. The quantitative estimate of drug-likeness (QED) is 0.752. The summed E-state index contributed by atoms with van der Waals surface area (Å²) >= 11 is 0. The van der Waals surface area contributed by atoms with E-state index in [1.54, 1.807) is 4.68 Å². The fraction of sp³-hybridized carbons (Fsp3) is 0.381. The molecule has 1 N–H and O–H groups in total. The van der Waals surface area contributed by atoms with Crippen LogP contribution >= 0.6 is 0 Å². The number of hydrogen-bond acceptors (Lipinski definition) is 5. The minimum atomic E-state index is 0.0215. The zero-order valence-corrected chi connectivity index (χ0v) is 15.9. The fourth-order valence-corrected chi connectivity index (χ4v) is 3.88. The maximum atomic E-state index is 5.65. The lowest BCUT2D eigenvalue weighted by Crippen LogP contribution is -2.41. The predicted octanol–water partition coefficient (Wildman–Crippen LogP) is 3.44. The summed E-state index contributed by atoms with van der Waals surface area (Å²) in [7, 11) is 0. The SMILES string of the molecule is Cc1ccc(-n2nnnc2NCC2(c3ccccc3C)CCOCC2)cc1. The van der Waals surface area contributed by atoms with E-state index in [9.17, 15) is 0 Å². The molecular formula is C21H25N5O. The minimum absolute atomic E-state index is 0.0215. The van der Waals surface area contributed by atoms with E-state index in [2.05, 4.69) is 71.1 Å². The van der Waals surface area contributed by atoms with Crippen molar-refractivity contribution >= 4 is 5.95 Å². The highest BCUT2D eigenvalue weighted by Gasteiger charge is 2.35. The fourth-order valence-electron chi connectivity index (χ4n) is 3.88. The summed E-state index contributed by atoms with van der Waals surface area (Å²) in [4.78, 5) is 0. The molecule has 1 aliphatic heterocycles. The Balaban J connectivity index is 1.60. The molecule has 0 bridgehead atoms. The number of tetrazole rings is 1. The molecule has 0 unspecified atom stereocenters. The highest BCUT2D eigenvalue weighted by molar-refractivity contribution is 5.42. The van der Waals surface area contributed by atoms with E-state index in [0.29, 0.717) is 5.95 Å². The molecule has 6 heteroatoms. The second-order valence-electron chi connectivity index (χ2n) is 7.31. The van der Waals surface area contributed by atoms with Crippen molar-refractivity contribution in [3.63, 3.8) is 0 Å². The van der Waals surface area contributed by atoms with Crippen LogP contribution in [0.5, 0.6) is 0 Å². The molecule has 1 saturated heterocycles. The van der Waals surface area contributed by atoms with Gasteiger partial charge in [-0.25, -0.2) is 0 Å². The van der Waals surface area contributed by atoms with Gasteiger partial charge in [0.25, 0.3) is 0 Å². The van der Waals surface area contributed by atoms with E-state index in [1.807, 2.05) is 12.1 Å². The maximum Gasteiger partial charge on any atom is 0.247 e. The molecular weight excluding hydrogens is 338 g/mol. The number of rotatable bonds is 5. The van der Waals surface area contributed by atoms with Crippen LogP contribution in [-0.4, -0.2) is 40.0 Å². The monoisotopic (exact) mass is 363 g/mol. The summed E-state index contributed by atoms with van der Waals surface area (Å²) in [6, 6.07) is 16.8. The van der Waals surface area contributed by atoms with Crippen LogP contribution in [0.15, 0.2) is 48.5 Å². The molecule has 0 amide bonds. The molecule has 2 heterocycles. The third-order valence-electron chi connectivity index (χ3n) is 5.50. The number of hydrogen-bond donors (Lipinski definition) is 1. The standard InChI is InChI=1S/C21H25N5O/c1-16-7-9-18(10-8-16)26-20(23-24-25-26)22-15-21(11-13-27-14-12-21)19-6-4-3-5-17(19)2/h3-10H,11-15H2,1-2H3,(H,22,23,25). The van der Waals surface area contributed by atoms with Crippen LogP contribution in [0.3, 0.4) is 0 Å². The third kappa shape index (κ3) is 3.57. The maximum absolute atomic E-state index is 5.65. The Labute approximate surface area is 159 Å². The average Bonchev–Trinajstić information content (AvgIpc) is 3.17. The van der Waals surface area contributed by atoms with Crippen molar-refractivity contribution in [3.8, 4) is 5.69 Å². The molecule has 4 rings (SSSR count). The largest absolute Gasteiger partial charge is 0.381 e. The van der Waals surface area contributed by atoms with Crippen molar-refractivity contribution in [2.75, 3.05) is 25.1 Å². The first-order valence-electron chi connectivity index (χ1n) is 9.41. The number of ether oxygens (including phenoxy) is 1. The van der Waals surface area contributed by atoms with Gasteiger partial charge in [0.1, 0.15) is 0 Å². The van der Waals surface area contributed by atoms with Crippen molar-refractivity contribution in [1.82, 2.24) is 20.2 Å². The smallest absolute Gasteiger partial charge is 0.247 e. The van der Waals surface area contributed by atoms with Crippen LogP contribution in [0.25, 0.3) is 5.69 Å². The summed E-state index contributed by atoms with van der Waals surface area (Å²) in [6.07, 6.45) is 1.97. The van der Waals surface area contributed by atoms with Crippen LogP contribution in [0.1, 0.15) is 29.5 Å². The number of aromatic nitrogens is 4.